The number of carbonyl (C=O) groups is 1. The molecule has 0 atom stereocenters. The lowest BCUT2D eigenvalue weighted by Crippen LogP contribution is -2.29. The monoisotopic (exact) mass is 231 g/mol. The van der Waals surface area contributed by atoms with E-state index in [1.165, 1.54) is 0 Å². The third-order valence-electron chi connectivity index (χ3n) is 1.70. The molecule has 0 amide bonds. The van der Waals surface area contributed by atoms with Gasteiger partial charge < -0.3 is 14.8 Å². The maximum absolute atomic E-state index is 11.2. The minimum absolute atomic E-state index is 0.178. The molecule has 0 heterocycles. The molecule has 0 saturated heterocycles. The van der Waals surface area contributed by atoms with E-state index in [0.717, 1.165) is 6.54 Å². The molecule has 0 aromatic heterocycles. The molecule has 4 heteroatoms. The molecular weight excluding hydrogens is 206 g/mol. The Balaban J connectivity index is 3.38. The molecule has 0 aliphatic heterocycles. The third kappa shape index (κ3) is 11.5. The molecule has 0 aliphatic carbocycles. The lowest BCUT2D eigenvalue weighted by molar-refractivity contribution is -0.145. The van der Waals surface area contributed by atoms with E-state index in [-0.39, 0.29) is 18.1 Å². The molecule has 0 aromatic rings. The van der Waals surface area contributed by atoms with E-state index in [4.69, 9.17) is 9.47 Å². The van der Waals surface area contributed by atoms with E-state index < -0.39 is 0 Å². The van der Waals surface area contributed by atoms with E-state index in [0.29, 0.717) is 19.1 Å². The van der Waals surface area contributed by atoms with E-state index in [2.05, 4.69) is 19.2 Å². The van der Waals surface area contributed by atoms with Crippen molar-refractivity contribution in [2.24, 2.45) is 5.92 Å². The zero-order valence-corrected chi connectivity index (χ0v) is 11.1. The van der Waals surface area contributed by atoms with Crippen LogP contribution in [0, 0.1) is 5.92 Å². The van der Waals surface area contributed by atoms with Gasteiger partial charge in [0.15, 0.2) is 0 Å². The first-order valence-electron chi connectivity index (χ1n) is 5.81. The second-order valence-electron chi connectivity index (χ2n) is 5.21. The minimum atomic E-state index is -0.224. The predicted octanol–water partition coefficient (Wildman–Crippen LogP) is 1.59. The maximum Gasteiger partial charge on any atom is 0.320 e. The summed E-state index contributed by atoms with van der Waals surface area (Å²) in [6.07, 6.45) is 0. The first-order valence-corrected chi connectivity index (χ1v) is 5.81. The fourth-order valence-electron chi connectivity index (χ4n) is 1.02. The van der Waals surface area contributed by atoms with Gasteiger partial charge in [0.1, 0.15) is 6.61 Å². The van der Waals surface area contributed by atoms with Gasteiger partial charge in [0.2, 0.25) is 0 Å². The highest BCUT2D eigenvalue weighted by Gasteiger charge is 2.10. The van der Waals surface area contributed by atoms with Crippen molar-refractivity contribution in [2.75, 3.05) is 26.3 Å². The molecule has 0 aromatic carbocycles. The summed E-state index contributed by atoms with van der Waals surface area (Å²) in [6, 6.07) is 0. The van der Waals surface area contributed by atoms with Gasteiger partial charge in [-0.1, -0.05) is 13.8 Å². The fourth-order valence-corrected chi connectivity index (χ4v) is 1.02. The molecule has 0 unspecified atom stereocenters. The van der Waals surface area contributed by atoms with Crippen LogP contribution in [0.3, 0.4) is 0 Å². The van der Waals surface area contributed by atoms with Crippen LogP contribution in [0.15, 0.2) is 0 Å². The lowest BCUT2D eigenvalue weighted by atomic mass is 10.2. The van der Waals surface area contributed by atoms with Crippen molar-refractivity contribution < 1.29 is 14.3 Å². The summed E-state index contributed by atoms with van der Waals surface area (Å²) in [5, 5.41) is 3.03. The SMILES string of the molecule is CC(C)CNCC(=O)OCCOC(C)(C)C. The molecule has 0 aliphatic rings. The second-order valence-corrected chi connectivity index (χ2v) is 5.21. The molecule has 4 nitrogen and oxygen atoms in total. The Hall–Kier alpha value is -0.610. The van der Waals surface area contributed by atoms with Crippen LogP contribution in [-0.2, 0) is 14.3 Å². The minimum Gasteiger partial charge on any atom is -0.462 e. The van der Waals surface area contributed by atoms with Crippen molar-refractivity contribution in [2.45, 2.75) is 40.2 Å². The summed E-state index contributed by atoms with van der Waals surface area (Å²) in [7, 11) is 0. The summed E-state index contributed by atoms with van der Waals surface area (Å²) < 4.78 is 10.4. The Kier molecular flexibility index (Phi) is 7.34. The lowest BCUT2D eigenvalue weighted by Gasteiger charge is -2.19. The zero-order valence-electron chi connectivity index (χ0n) is 11.1. The van der Waals surface area contributed by atoms with E-state index >= 15 is 0 Å². The summed E-state index contributed by atoms with van der Waals surface area (Å²) in [4.78, 5) is 11.2. The molecule has 0 fully saturated rings. The number of rotatable bonds is 7. The standard InChI is InChI=1S/C12H25NO3/c1-10(2)8-13-9-11(14)15-6-7-16-12(3,4)5/h10,13H,6-9H2,1-5H3. The first kappa shape index (κ1) is 15.4. The van der Waals surface area contributed by atoms with Gasteiger partial charge in [-0.3, -0.25) is 4.79 Å². The Morgan fingerprint density at radius 3 is 2.38 bits per heavy atom. The molecular formula is C12H25NO3. The van der Waals surface area contributed by atoms with E-state index in [1.54, 1.807) is 0 Å². The Labute approximate surface area is 98.7 Å². The van der Waals surface area contributed by atoms with Crippen LogP contribution in [0.1, 0.15) is 34.6 Å². The molecule has 16 heavy (non-hydrogen) atoms. The normalized spacial score (nSPS) is 11.9. The van der Waals surface area contributed by atoms with Crippen molar-refractivity contribution in [1.82, 2.24) is 5.32 Å². The fraction of sp³-hybridized carbons (Fsp3) is 0.917. The molecule has 0 bridgehead atoms. The summed E-state index contributed by atoms with van der Waals surface area (Å²) >= 11 is 0. The van der Waals surface area contributed by atoms with Gasteiger partial charge in [-0.25, -0.2) is 0 Å². The van der Waals surface area contributed by atoms with Crippen LogP contribution >= 0.6 is 0 Å². The summed E-state index contributed by atoms with van der Waals surface area (Å²) in [5.74, 6) is 0.315. The summed E-state index contributed by atoms with van der Waals surface area (Å²) in [6.45, 7) is 12.0. The molecule has 96 valence electrons. The van der Waals surface area contributed by atoms with Crippen molar-refractivity contribution in [3.63, 3.8) is 0 Å². The van der Waals surface area contributed by atoms with Crippen molar-refractivity contribution in [3.8, 4) is 0 Å². The molecule has 0 rings (SSSR count). The number of hydrogen-bond acceptors (Lipinski definition) is 4. The number of hydrogen-bond donors (Lipinski definition) is 1. The molecule has 0 spiro atoms. The van der Waals surface area contributed by atoms with Crippen LogP contribution < -0.4 is 5.32 Å². The topological polar surface area (TPSA) is 47.6 Å². The quantitative estimate of drug-likeness (QED) is 0.534. The number of esters is 1. The predicted molar refractivity (Wildman–Crippen MR) is 64.4 cm³/mol. The number of nitrogens with one attached hydrogen (secondary N) is 1. The van der Waals surface area contributed by atoms with Gasteiger partial charge in [0, 0.05) is 0 Å². The number of carbonyl (C=O) groups excluding carboxylic acids is 1. The van der Waals surface area contributed by atoms with Crippen molar-refractivity contribution >= 4 is 5.97 Å². The zero-order chi connectivity index (χ0) is 12.6. The molecule has 0 radical (unpaired) electrons. The van der Waals surface area contributed by atoms with E-state index in [9.17, 15) is 4.79 Å². The van der Waals surface area contributed by atoms with Crippen LogP contribution in [-0.4, -0.2) is 37.9 Å². The van der Waals surface area contributed by atoms with Crippen molar-refractivity contribution in [1.29, 1.82) is 0 Å². The van der Waals surface area contributed by atoms with Gasteiger partial charge in [-0.15, -0.1) is 0 Å². The van der Waals surface area contributed by atoms with Crippen LogP contribution in [0.4, 0.5) is 0 Å². The summed E-state index contributed by atoms with van der Waals surface area (Å²) in [5.41, 5.74) is -0.178. The van der Waals surface area contributed by atoms with Gasteiger partial charge in [-0.05, 0) is 33.2 Å². The average molecular weight is 231 g/mol. The maximum atomic E-state index is 11.2. The smallest absolute Gasteiger partial charge is 0.320 e. The molecule has 0 saturated carbocycles. The van der Waals surface area contributed by atoms with Crippen LogP contribution in [0.25, 0.3) is 0 Å². The Morgan fingerprint density at radius 1 is 1.25 bits per heavy atom. The van der Waals surface area contributed by atoms with E-state index in [1.807, 2.05) is 20.8 Å². The molecule has 1 N–H and O–H groups in total. The highest BCUT2D eigenvalue weighted by atomic mass is 16.6. The van der Waals surface area contributed by atoms with Gasteiger partial charge in [0.25, 0.3) is 0 Å². The van der Waals surface area contributed by atoms with Gasteiger partial charge >= 0.3 is 5.97 Å². The largest absolute Gasteiger partial charge is 0.462 e. The van der Waals surface area contributed by atoms with Crippen LogP contribution in [0.5, 0.6) is 0 Å². The second kappa shape index (κ2) is 7.63. The average Bonchev–Trinajstić information content (AvgIpc) is 2.10. The van der Waals surface area contributed by atoms with Gasteiger partial charge in [0.05, 0.1) is 18.8 Å². The Morgan fingerprint density at radius 2 is 1.88 bits per heavy atom. The van der Waals surface area contributed by atoms with Crippen LogP contribution in [0.2, 0.25) is 0 Å². The Bertz CT molecular complexity index is 197. The van der Waals surface area contributed by atoms with Crippen molar-refractivity contribution in [3.05, 3.63) is 0 Å². The van der Waals surface area contributed by atoms with Gasteiger partial charge in [-0.2, -0.15) is 0 Å². The number of ether oxygens (including phenoxy) is 2. The highest BCUT2D eigenvalue weighted by Crippen LogP contribution is 2.05. The third-order valence-corrected chi connectivity index (χ3v) is 1.70. The first-order chi connectivity index (χ1) is 7.31. The highest BCUT2D eigenvalue weighted by molar-refractivity contribution is 5.71.